The summed E-state index contributed by atoms with van der Waals surface area (Å²) in [5.74, 6) is 0. The van der Waals surface area contributed by atoms with Crippen LogP contribution >= 0.6 is 11.8 Å². The van der Waals surface area contributed by atoms with Crippen LogP contribution in [0, 0.1) is 6.92 Å². The zero-order valence-corrected chi connectivity index (χ0v) is 27.0. The number of nitrogens with zero attached hydrogens (tertiary/aromatic N) is 3. The van der Waals surface area contributed by atoms with E-state index in [1.165, 1.54) is 27.5 Å². The lowest BCUT2D eigenvalue weighted by Gasteiger charge is -2.26. The summed E-state index contributed by atoms with van der Waals surface area (Å²) in [4.78, 5) is 6.55. The summed E-state index contributed by atoms with van der Waals surface area (Å²) in [6, 6.07) is 45.6. The Morgan fingerprint density at radius 2 is 1.04 bits per heavy atom. The highest BCUT2D eigenvalue weighted by Gasteiger charge is 2.30. The van der Waals surface area contributed by atoms with E-state index in [1.54, 1.807) is 11.8 Å². The molecule has 47 heavy (non-hydrogen) atoms. The highest BCUT2D eigenvalue weighted by atomic mass is 32.2. The van der Waals surface area contributed by atoms with Gasteiger partial charge in [0.05, 0.1) is 16.6 Å². The fourth-order valence-electron chi connectivity index (χ4n) is 5.98. The van der Waals surface area contributed by atoms with Crippen molar-refractivity contribution in [2.45, 2.75) is 22.9 Å². The van der Waals surface area contributed by atoms with E-state index in [4.69, 9.17) is 0 Å². The zero-order chi connectivity index (χ0) is 32.7. The molecule has 0 bridgehead atoms. The van der Waals surface area contributed by atoms with Crippen molar-refractivity contribution in [3.63, 3.8) is 0 Å². The average Bonchev–Trinajstić information content (AvgIpc) is 3.37. The molecule has 0 saturated carbocycles. The number of alkyl halides is 3. The van der Waals surface area contributed by atoms with Gasteiger partial charge >= 0.3 is 6.18 Å². The van der Waals surface area contributed by atoms with Gasteiger partial charge in [-0.25, -0.2) is 0 Å². The Labute approximate surface area is 276 Å². The first-order valence-electron chi connectivity index (χ1n) is 15.3. The number of anilines is 5. The molecule has 0 atom stereocenters. The van der Waals surface area contributed by atoms with Gasteiger partial charge in [-0.3, -0.25) is 0 Å². The highest BCUT2D eigenvalue weighted by Crippen LogP contribution is 2.40. The minimum absolute atomic E-state index is 0.656. The predicted octanol–water partition coefficient (Wildman–Crippen LogP) is 12.0. The van der Waals surface area contributed by atoms with Crippen molar-refractivity contribution in [3.8, 4) is 0 Å². The fraction of sp³-hybridized carbons (Fsp3) is 0.100. The maximum absolute atomic E-state index is 13.1. The summed E-state index contributed by atoms with van der Waals surface area (Å²) in [5, 5.41) is 2.25. The van der Waals surface area contributed by atoms with E-state index in [-0.39, 0.29) is 0 Å². The molecule has 1 aromatic heterocycles. The van der Waals surface area contributed by atoms with Crippen molar-refractivity contribution in [3.05, 3.63) is 151 Å². The second-order valence-corrected chi connectivity index (χ2v) is 12.8. The van der Waals surface area contributed by atoms with Crippen molar-refractivity contribution < 1.29 is 13.2 Å². The van der Waals surface area contributed by atoms with Crippen molar-refractivity contribution in [2.24, 2.45) is 7.05 Å². The lowest BCUT2D eigenvalue weighted by atomic mass is 10.1. The van der Waals surface area contributed by atoms with E-state index in [0.717, 1.165) is 56.7 Å². The minimum Gasteiger partial charge on any atom is -0.345 e. The van der Waals surface area contributed by atoms with Crippen LogP contribution in [0.25, 0.3) is 21.8 Å². The number of rotatable bonds is 7. The predicted molar refractivity (Wildman–Crippen MR) is 190 cm³/mol. The summed E-state index contributed by atoms with van der Waals surface area (Å²) < 4.78 is 41.5. The van der Waals surface area contributed by atoms with E-state index in [9.17, 15) is 13.2 Å². The molecule has 6 aromatic carbocycles. The monoisotopic (exact) mass is 643 g/mol. The van der Waals surface area contributed by atoms with E-state index in [2.05, 4.69) is 114 Å². The molecule has 7 aromatic rings. The maximum atomic E-state index is 13.1. The first-order chi connectivity index (χ1) is 22.7. The van der Waals surface area contributed by atoms with Gasteiger partial charge in [0.2, 0.25) is 0 Å². The molecular formula is C40H32F3N3S. The van der Waals surface area contributed by atoms with Gasteiger partial charge in [-0.1, -0.05) is 59.8 Å². The van der Waals surface area contributed by atoms with Gasteiger partial charge in [-0.15, -0.1) is 0 Å². The second kappa shape index (κ2) is 12.2. The third kappa shape index (κ3) is 6.07. The lowest BCUT2D eigenvalue weighted by Crippen LogP contribution is -2.10. The van der Waals surface area contributed by atoms with E-state index >= 15 is 0 Å². The molecule has 0 aliphatic rings. The molecule has 0 fully saturated rings. The summed E-state index contributed by atoms with van der Waals surface area (Å²) in [6.45, 7) is 2.10. The number of aromatic nitrogens is 1. The van der Waals surface area contributed by atoms with Gasteiger partial charge in [0.25, 0.3) is 0 Å². The molecule has 0 radical (unpaired) electrons. The fourth-order valence-corrected chi connectivity index (χ4v) is 6.80. The van der Waals surface area contributed by atoms with Gasteiger partial charge in [0, 0.05) is 63.1 Å². The summed E-state index contributed by atoms with van der Waals surface area (Å²) in [5.41, 5.74) is 7.44. The van der Waals surface area contributed by atoms with Crippen LogP contribution in [-0.2, 0) is 13.2 Å². The number of hydrogen-bond donors (Lipinski definition) is 0. The molecule has 7 rings (SSSR count). The van der Waals surface area contributed by atoms with Crippen molar-refractivity contribution in [1.29, 1.82) is 0 Å². The van der Waals surface area contributed by atoms with Crippen molar-refractivity contribution in [1.82, 2.24) is 4.57 Å². The normalized spacial score (nSPS) is 11.7. The van der Waals surface area contributed by atoms with Crippen LogP contribution in [0.1, 0.15) is 11.1 Å². The molecule has 0 spiro atoms. The van der Waals surface area contributed by atoms with Gasteiger partial charge in [-0.05, 0) is 104 Å². The zero-order valence-electron chi connectivity index (χ0n) is 26.2. The quantitative estimate of drug-likeness (QED) is 0.171. The molecule has 0 N–H and O–H groups in total. The van der Waals surface area contributed by atoms with E-state index in [1.807, 2.05) is 36.2 Å². The average molecular weight is 644 g/mol. The second-order valence-electron chi connectivity index (χ2n) is 11.6. The third-order valence-electron chi connectivity index (χ3n) is 8.57. The Kier molecular flexibility index (Phi) is 7.94. The molecule has 0 saturated heterocycles. The largest absolute Gasteiger partial charge is 0.416 e. The summed E-state index contributed by atoms with van der Waals surface area (Å²) >= 11 is 1.75. The summed E-state index contributed by atoms with van der Waals surface area (Å²) in [7, 11) is 3.92. The molecule has 0 aliphatic carbocycles. The Hall–Kier alpha value is -5.14. The molecule has 7 heteroatoms. The molecule has 3 nitrogen and oxygen atoms in total. The first kappa shape index (κ1) is 30.5. The Balaban J connectivity index is 1.24. The number of fused-ring (bicyclic) bond motifs is 3. The number of hydrogen-bond acceptors (Lipinski definition) is 3. The molecule has 0 aliphatic heterocycles. The van der Waals surface area contributed by atoms with Crippen LogP contribution in [-0.4, -0.2) is 11.6 Å². The molecule has 0 unspecified atom stereocenters. The lowest BCUT2D eigenvalue weighted by molar-refractivity contribution is -0.137. The van der Waals surface area contributed by atoms with Crippen LogP contribution in [0.2, 0.25) is 0 Å². The first-order valence-corrected chi connectivity index (χ1v) is 16.1. The Morgan fingerprint density at radius 1 is 0.553 bits per heavy atom. The summed E-state index contributed by atoms with van der Waals surface area (Å²) in [6.07, 6.45) is -4.36. The van der Waals surface area contributed by atoms with Gasteiger partial charge in [-0.2, -0.15) is 13.2 Å². The smallest absolute Gasteiger partial charge is 0.345 e. The highest BCUT2D eigenvalue weighted by molar-refractivity contribution is 7.99. The van der Waals surface area contributed by atoms with Gasteiger partial charge in [0.1, 0.15) is 0 Å². The molecule has 1 heterocycles. The Morgan fingerprint density at radius 3 is 1.64 bits per heavy atom. The SMILES string of the molecule is Cc1ccc(Sc2ccc(N(c3ccccc3)c3ccc4c5ccc(N(C)c6ccc(C(F)(F)F)cc6)cc5n(C)c4c3)cc2)cc1. The standard InChI is InChI=1S/C40H32F3N3S/c1-27-9-19-34(20-10-27)47-35-21-15-31(16-22-35)46(30-7-5-4-6-8-30)33-18-24-37-36-23-17-32(25-38(36)45(3)39(37)26-33)44(2)29-13-11-28(12-14-29)40(41,42)43/h4-26H,1-3H3. The molecule has 0 amide bonds. The van der Waals surface area contributed by atoms with Crippen LogP contribution in [0.5, 0.6) is 0 Å². The third-order valence-corrected chi connectivity index (χ3v) is 9.58. The molecule has 234 valence electrons. The van der Waals surface area contributed by atoms with Crippen LogP contribution in [0.4, 0.5) is 41.6 Å². The van der Waals surface area contributed by atoms with Crippen molar-refractivity contribution >= 4 is 62.0 Å². The van der Waals surface area contributed by atoms with Crippen molar-refractivity contribution in [2.75, 3.05) is 16.8 Å². The minimum atomic E-state index is -4.36. The number of aryl methyl sites for hydroxylation is 2. The number of para-hydroxylation sites is 1. The number of halogens is 3. The van der Waals surface area contributed by atoms with Gasteiger partial charge in [0.15, 0.2) is 0 Å². The molecular weight excluding hydrogens is 612 g/mol. The van der Waals surface area contributed by atoms with E-state index in [0.29, 0.717) is 5.69 Å². The number of benzene rings is 6. The van der Waals surface area contributed by atoms with Crippen LogP contribution < -0.4 is 9.80 Å². The van der Waals surface area contributed by atoms with E-state index < -0.39 is 11.7 Å². The topological polar surface area (TPSA) is 11.4 Å². The van der Waals surface area contributed by atoms with Crippen LogP contribution in [0.15, 0.2) is 149 Å². The van der Waals surface area contributed by atoms with Gasteiger partial charge < -0.3 is 14.4 Å². The van der Waals surface area contributed by atoms with Crippen LogP contribution in [0.3, 0.4) is 0 Å². The maximum Gasteiger partial charge on any atom is 0.416 e. The Bertz CT molecular complexity index is 2170.